The largest absolute Gasteiger partial charge is 0.489 e. The van der Waals surface area contributed by atoms with E-state index in [1.54, 1.807) is 0 Å². The Balaban J connectivity index is 1.44. The molecule has 6 aromatic rings. The first-order valence-electron chi connectivity index (χ1n) is 15.2. The third kappa shape index (κ3) is 7.05. The van der Waals surface area contributed by atoms with Gasteiger partial charge in [-0.15, -0.1) is 11.3 Å². The summed E-state index contributed by atoms with van der Waals surface area (Å²) in [5, 5.41) is 21.5. The number of hydrogen-bond acceptors (Lipinski definition) is 4. The van der Waals surface area contributed by atoms with Crippen molar-refractivity contribution in [3.63, 3.8) is 0 Å². The van der Waals surface area contributed by atoms with E-state index in [0.717, 1.165) is 60.7 Å². The Bertz CT molecular complexity index is 2100. The Labute approximate surface area is 279 Å². The van der Waals surface area contributed by atoms with Crippen LogP contribution in [0.3, 0.4) is 0 Å². The van der Waals surface area contributed by atoms with Crippen LogP contribution < -0.4 is 4.74 Å². The standard InChI is InChI=1S/C43H30N2OS/c1-2-31-15-17-32(18-16-31)30-46-39-25-23-37(24-26-39)43(34-12-7-4-8-13-34)42(33-10-5-3-6-11-33)36-21-19-35(20-22-36)41(38(28-44)29-45)40-14-9-27-47-40/h2-27H,1,30H2/b43-42-. The van der Waals surface area contributed by atoms with Crippen molar-refractivity contribution in [3.8, 4) is 17.9 Å². The third-order valence-corrected chi connectivity index (χ3v) is 8.73. The molecule has 0 amide bonds. The summed E-state index contributed by atoms with van der Waals surface area (Å²) in [6.07, 6.45) is 1.83. The molecule has 0 aliphatic heterocycles. The molecule has 4 heteroatoms. The molecule has 0 N–H and O–H groups in total. The number of thiophene rings is 1. The van der Waals surface area contributed by atoms with Gasteiger partial charge in [0.15, 0.2) is 0 Å². The quantitative estimate of drug-likeness (QED) is 0.113. The van der Waals surface area contributed by atoms with Crippen LogP contribution in [-0.2, 0) is 6.61 Å². The molecule has 0 spiro atoms. The molecule has 0 unspecified atom stereocenters. The van der Waals surface area contributed by atoms with E-state index in [4.69, 9.17) is 4.74 Å². The number of nitriles is 2. The maximum atomic E-state index is 9.76. The SMILES string of the molecule is C=Cc1ccc(COc2ccc(/C(=C(/c3ccccc3)c3ccc(C(=C(C#N)C#N)c4cccs4)cc3)c3ccccc3)cc2)cc1. The van der Waals surface area contributed by atoms with Gasteiger partial charge in [-0.25, -0.2) is 0 Å². The number of nitrogens with zero attached hydrogens (tertiary/aromatic N) is 2. The topological polar surface area (TPSA) is 56.8 Å². The Kier molecular flexibility index (Phi) is 9.65. The van der Waals surface area contributed by atoms with Gasteiger partial charge in [-0.1, -0.05) is 140 Å². The van der Waals surface area contributed by atoms with Gasteiger partial charge in [0.1, 0.15) is 30.1 Å². The molecule has 0 fully saturated rings. The predicted octanol–water partition coefficient (Wildman–Crippen LogP) is 10.8. The summed E-state index contributed by atoms with van der Waals surface area (Å²) in [5.41, 5.74) is 10.1. The summed E-state index contributed by atoms with van der Waals surface area (Å²) in [6.45, 7) is 4.30. The highest BCUT2D eigenvalue weighted by Crippen LogP contribution is 2.38. The molecule has 1 heterocycles. The first kappa shape index (κ1) is 30.8. The van der Waals surface area contributed by atoms with E-state index in [1.807, 2.05) is 72.1 Å². The highest BCUT2D eigenvalue weighted by atomic mass is 32.1. The van der Waals surface area contributed by atoms with Crippen molar-refractivity contribution in [1.82, 2.24) is 0 Å². The maximum Gasteiger partial charge on any atom is 0.138 e. The average Bonchev–Trinajstić information content (AvgIpc) is 3.68. The van der Waals surface area contributed by atoms with E-state index in [0.29, 0.717) is 12.2 Å². The van der Waals surface area contributed by atoms with Crippen molar-refractivity contribution in [3.05, 3.63) is 207 Å². The Hall–Kier alpha value is -6.20. The smallest absolute Gasteiger partial charge is 0.138 e. The van der Waals surface area contributed by atoms with Gasteiger partial charge in [0, 0.05) is 10.5 Å². The monoisotopic (exact) mass is 622 g/mol. The molecule has 0 aliphatic carbocycles. The van der Waals surface area contributed by atoms with Gasteiger partial charge in [-0.2, -0.15) is 10.5 Å². The van der Waals surface area contributed by atoms with Gasteiger partial charge in [-0.3, -0.25) is 0 Å². The number of ether oxygens (including phenoxy) is 1. The van der Waals surface area contributed by atoms with Crippen molar-refractivity contribution in [2.75, 3.05) is 0 Å². The van der Waals surface area contributed by atoms with E-state index < -0.39 is 0 Å². The molecular formula is C43H30N2OS. The molecule has 3 nitrogen and oxygen atoms in total. The summed E-state index contributed by atoms with van der Waals surface area (Å²) in [6, 6.07) is 53.4. The fourth-order valence-electron chi connectivity index (χ4n) is 5.53. The normalized spacial score (nSPS) is 11.0. The van der Waals surface area contributed by atoms with Gasteiger partial charge in [0.05, 0.1) is 0 Å². The van der Waals surface area contributed by atoms with E-state index in [1.165, 1.54) is 11.3 Å². The molecule has 0 saturated carbocycles. The molecule has 0 aliphatic rings. The lowest BCUT2D eigenvalue weighted by Crippen LogP contribution is -1.99. The molecule has 224 valence electrons. The second kappa shape index (κ2) is 14.7. The van der Waals surface area contributed by atoms with Crippen molar-refractivity contribution in [2.24, 2.45) is 0 Å². The summed E-state index contributed by atoms with van der Waals surface area (Å²) in [7, 11) is 0. The zero-order valence-corrected chi connectivity index (χ0v) is 26.5. The lowest BCUT2D eigenvalue weighted by molar-refractivity contribution is 0.306. The molecule has 0 saturated heterocycles. The van der Waals surface area contributed by atoms with Crippen LogP contribution in [-0.4, -0.2) is 0 Å². The van der Waals surface area contributed by atoms with Crippen LogP contribution in [0.25, 0.3) is 22.8 Å². The molecule has 0 atom stereocenters. The summed E-state index contributed by atoms with van der Waals surface area (Å²) >= 11 is 1.51. The van der Waals surface area contributed by atoms with Gasteiger partial charge < -0.3 is 4.74 Å². The molecule has 6 rings (SSSR count). The zero-order valence-electron chi connectivity index (χ0n) is 25.6. The predicted molar refractivity (Wildman–Crippen MR) is 193 cm³/mol. The second-order valence-electron chi connectivity index (χ2n) is 10.8. The number of benzene rings is 5. The van der Waals surface area contributed by atoms with Crippen LogP contribution in [0.2, 0.25) is 0 Å². The first-order valence-corrected chi connectivity index (χ1v) is 16.1. The van der Waals surface area contributed by atoms with Crippen LogP contribution in [0, 0.1) is 22.7 Å². The Morgan fingerprint density at radius 1 is 0.574 bits per heavy atom. The van der Waals surface area contributed by atoms with Crippen LogP contribution in [0.15, 0.2) is 163 Å². The summed E-state index contributed by atoms with van der Waals surface area (Å²) < 4.78 is 6.15. The second-order valence-corrected chi connectivity index (χ2v) is 11.7. The Morgan fingerprint density at radius 3 is 1.53 bits per heavy atom. The van der Waals surface area contributed by atoms with E-state index in [-0.39, 0.29) is 5.57 Å². The summed E-state index contributed by atoms with van der Waals surface area (Å²) in [5.74, 6) is 0.790. The number of hydrogen-bond donors (Lipinski definition) is 0. The fraction of sp³-hybridized carbons (Fsp3) is 0.0233. The van der Waals surface area contributed by atoms with Gasteiger partial charge in [0.2, 0.25) is 0 Å². The lowest BCUT2D eigenvalue weighted by atomic mass is 9.85. The molecule has 5 aromatic carbocycles. The number of rotatable bonds is 10. The fourth-order valence-corrected chi connectivity index (χ4v) is 6.32. The van der Waals surface area contributed by atoms with Crippen LogP contribution in [0.4, 0.5) is 0 Å². The molecule has 1 aromatic heterocycles. The van der Waals surface area contributed by atoms with E-state index in [2.05, 4.69) is 104 Å². The minimum atomic E-state index is 0.0973. The van der Waals surface area contributed by atoms with Gasteiger partial charge >= 0.3 is 0 Å². The third-order valence-electron chi connectivity index (χ3n) is 7.84. The van der Waals surface area contributed by atoms with Crippen molar-refractivity contribution < 1.29 is 4.74 Å². The van der Waals surface area contributed by atoms with Crippen molar-refractivity contribution in [1.29, 1.82) is 10.5 Å². The van der Waals surface area contributed by atoms with Gasteiger partial charge in [0.25, 0.3) is 0 Å². The number of allylic oxidation sites excluding steroid dienone is 1. The molecule has 0 radical (unpaired) electrons. The Morgan fingerprint density at radius 2 is 1.06 bits per heavy atom. The summed E-state index contributed by atoms with van der Waals surface area (Å²) in [4.78, 5) is 0.885. The lowest BCUT2D eigenvalue weighted by Gasteiger charge is -2.19. The average molecular weight is 623 g/mol. The highest BCUT2D eigenvalue weighted by Gasteiger charge is 2.18. The van der Waals surface area contributed by atoms with E-state index in [9.17, 15) is 10.5 Å². The van der Waals surface area contributed by atoms with Crippen molar-refractivity contribution >= 4 is 34.1 Å². The van der Waals surface area contributed by atoms with Crippen LogP contribution >= 0.6 is 11.3 Å². The highest BCUT2D eigenvalue weighted by molar-refractivity contribution is 7.11. The molecule has 0 bridgehead atoms. The van der Waals surface area contributed by atoms with Crippen LogP contribution in [0.1, 0.15) is 43.8 Å². The van der Waals surface area contributed by atoms with Gasteiger partial charge in [-0.05, 0) is 73.7 Å². The molecular weight excluding hydrogens is 593 g/mol. The minimum absolute atomic E-state index is 0.0973. The zero-order chi connectivity index (χ0) is 32.4. The molecule has 47 heavy (non-hydrogen) atoms. The van der Waals surface area contributed by atoms with E-state index >= 15 is 0 Å². The van der Waals surface area contributed by atoms with Crippen molar-refractivity contribution in [2.45, 2.75) is 6.61 Å². The maximum absolute atomic E-state index is 9.76. The first-order chi connectivity index (χ1) is 23.2. The van der Waals surface area contributed by atoms with Crippen LogP contribution in [0.5, 0.6) is 5.75 Å². The minimum Gasteiger partial charge on any atom is -0.489 e.